The molecular formula is C13H16N4O. The molecule has 2 heterocycles. The molecule has 0 aliphatic carbocycles. The Labute approximate surface area is 106 Å². The van der Waals surface area contributed by atoms with Gasteiger partial charge in [-0.25, -0.2) is 0 Å². The Kier molecular flexibility index (Phi) is 3.08. The number of rotatable bonds is 2. The van der Waals surface area contributed by atoms with Crippen LogP contribution in [0.25, 0.3) is 5.69 Å². The summed E-state index contributed by atoms with van der Waals surface area (Å²) in [4.78, 5) is 1.65. The van der Waals surface area contributed by atoms with Crippen LogP contribution in [-0.2, 0) is 4.74 Å². The van der Waals surface area contributed by atoms with Crippen molar-refractivity contribution in [2.45, 2.75) is 13.0 Å². The van der Waals surface area contributed by atoms with Crippen LogP contribution >= 0.6 is 0 Å². The second-order valence-electron chi connectivity index (χ2n) is 4.43. The Morgan fingerprint density at radius 2 is 2.39 bits per heavy atom. The summed E-state index contributed by atoms with van der Waals surface area (Å²) < 4.78 is 5.75. The van der Waals surface area contributed by atoms with E-state index in [2.05, 4.69) is 27.6 Å². The second-order valence-corrected chi connectivity index (χ2v) is 4.43. The number of hydrogen-bond acceptors (Lipinski definition) is 4. The summed E-state index contributed by atoms with van der Waals surface area (Å²) >= 11 is 0. The van der Waals surface area contributed by atoms with Gasteiger partial charge in [0, 0.05) is 13.1 Å². The van der Waals surface area contributed by atoms with Crippen molar-refractivity contribution in [1.82, 2.24) is 20.3 Å². The number of morpholine rings is 1. The molecule has 0 saturated carbocycles. The summed E-state index contributed by atoms with van der Waals surface area (Å²) in [6.07, 6.45) is 1.88. The molecule has 5 nitrogen and oxygen atoms in total. The Hall–Kier alpha value is -1.72. The van der Waals surface area contributed by atoms with Crippen molar-refractivity contribution in [3.05, 3.63) is 41.7 Å². The average Bonchev–Trinajstić information content (AvgIpc) is 2.87. The molecule has 2 aromatic rings. The van der Waals surface area contributed by atoms with Crippen molar-refractivity contribution in [3.8, 4) is 5.69 Å². The van der Waals surface area contributed by atoms with Crippen LogP contribution in [0.3, 0.4) is 0 Å². The molecule has 5 heteroatoms. The van der Waals surface area contributed by atoms with E-state index in [-0.39, 0.29) is 6.10 Å². The third-order valence-corrected chi connectivity index (χ3v) is 3.01. The van der Waals surface area contributed by atoms with Gasteiger partial charge in [0.15, 0.2) is 0 Å². The van der Waals surface area contributed by atoms with Gasteiger partial charge in [-0.1, -0.05) is 12.1 Å². The monoisotopic (exact) mass is 244 g/mol. The quantitative estimate of drug-likeness (QED) is 0.863. The maximum Gasteiger partial charge on any atom is 0.0950 e. The van der Waals surface area contributed by atoms with Crippen molar-refractivity contribution >= 4 is 0 Å². The van der Waals surface area contributed by atoms with Gasteiger partial charge >= 0.3 is 0 Å². The molecule has 94 valence electrons. The summed E-state index contributed by atoms with van der Waals surface area (Å²) in [6, 6.07) is 8.18. The van der Waals surface area contributed by atoms with Crippen LogP contribution in [0, 0.1) is 6.92 Å². The molecular weight excluding hydrogens is 228 g/mol. The zero-order valence-corrected chi connectivity index (χ0v) is 10.3. The zero-order chi connectivity index (χ0) is 12.4. The number of nitrogens with zero attached hydrogens (tertiary/aromatic N) is 3. The van der Waals surface area contributed by atoms with E-state index in [0.29, 0.717) is 0 Å². The molecule has 1 aliphatic rings. The average molecular weight is 244 g/mol. The fourth-order valence-corrected chi connectivity index (χ4v) is 2.09. The lowest BCUT2D eigenvalue weighted by molar-refractivity contribution is 0.0277. The maximum atomic E-state index is 5.75. The van der Waals surface area contributed by atoms with Gasteiger partial charge in [0.25, 0.3) is 0 Å². The first-order valence-corrected chi connectivity index (χ1v) is 6.14. The van der Waals surface area contributed by atoms with Crippen molar-refractivity contribution in [1.29, 1.82) is 0 Å². The number of hydrogen-bond donors (Lipinski definition) is 1. The predicted octanol–water partition coefficient (Wildman–Crippen LogP) is 1.24. The summed E-state index contributed by atoms with van der Waals surface area (Å²) in [5.74, 6) is 0. The molecule has 0 radical (unpaired) electrons. The SMILES string of the molecule is Cc1cnn(-c2cccc(C3CNCCO3)c2)n1. The minimum Gasteiger partial charge on any atom is -0.371 e. The molecule has 1 aromatic heterocycles. The molecule has 1 saturated heterocycles. The first-order chi connectivity index (χ1) is 8.83. The number of benzene rings is 1. The highest BCUT2D eigenvalue weighted by Gasteiger charge is 2.16. The standard InChI is InChI=1S/C13H16N4O/c1-10-8-15-17(16-10)12-4-2-3-11(7-12)13-9-14-5-6-18-13/h2-4,7-8,13-14H,5-6,9H2,1H3. The number of aromatic nitrogens is 3. The van der Waals surface area contributed by atoms with E-state index in [0.717, 1.165) is 36.6 Å². The molecule has 1 N–H and O–H groups in total. The molecule has 3 rings (SSSR count). The van der Waals surface area contributed by atoms with Crippen LogP contribution in [0.15, 0.2) is 30.5 Å². The maximum absolute atomic E-state index is 5.75. The van der Waals surface area contributed by atoms with E-state index < -0.39 is 0 Å². The van der Waals surface area contributed by atoms with Crippen LogP contribution in [0.1, 0.15) is 17.4 Å². The highest BCUT2D eigenvalue weighted by molar-refractivity contribution is 5.35. The Balaban J connectivity index is 1.88. The highest BCUT2D eigenvalue weighted by Crippen LogP contribution is 2.20. The predicted molar refractivity (Wildman–Crippen MR) is 67.7 cm³/mol. The fraction of sp³-hybridized carbons (Fsp3) is 0.385. The van der Waals surface area contributed by atoms with Crippen molar-refractivity contribution in [2.75, 3.05) is 19.7 Å². The summed E-state index contributed by atoms with van der Waals surface area (Å²) in [5, 5.41) is 11.9. The third kappa shape index (κ3) is 2.27. The normalized spacial score (nSPS) is 19.9. The van der Waals surface area contributed by atoms with Gasteiger partial charge in [0.2, 0.25) is 0 Å². The summed E-state index contributed by atoms with van der Waals surface area (Å²) in [6.45, 7) is 4.47. The largest absolute Gasteiger partial charge is 0.371 e. The third-order valence-electron chi connectivity index (χ3n) is 3.01. The van der Waals surface area contributed by atoms with Gasteiger partial charge in [0.1, 0.15) is 0 Å². The van der Waals surface area contributed by atoms with Gasteiger partial charge < -0.3 is 10.1 Å². The molecule has 0 spiro atoms. The lowest BCUT2D eigenvalue weighted by Crippen LogP contribution is -2.33. The van der Waals surface area contributed by atoms with E-state index in [1.165, 1.54) is 0 Å². The molecule has 1 fully saturated rings. The summed E-state index contributed by atoms with van der Waals surface area (Å²) in [7, 11) is 0. The highest BCUT2D eigenvalue weighted by atomic mass is 16.5. The van der Waals surface area contributed by atoms with Crippen LogP contribution in [0.5, 0.6) is 0 Å². The smallest absolute Gasteiger partial charge is 0.0950 e. The summed E-state index contributed by atoms with van der Waals surface area (Å²) in [5.41, 5.74) is 3.04. The zero-order valence-electron chi connectivity index (χ0n) is 10.3. The molecule has 1 atom stereocenters. The van der Waals surface area contributed by atoms with Crippen LogP contribution in [0.4, 0.5) is 0 Å². The van der Waals surface area contributed by atoms with Gasteiger partial charge in [-0.2, -0.15) is 15.0 Å². The van der Waals surface area contributed by atoms with E-state index in [1.807, 2.05) is 19.1 Å². The molecule has 0 amide bonds. The first kappa shape index (κ1) is 11.4. The molecule has 1 unspecified atom stereocenters. The van der Waals surface area contributed by atoms with Crippen molar-refractivity contribution in [2.24, 2.45) is 0 Å². The number of ether oxygens (including phenoxy) is 1. The molecule has 0 bridgehead atoms. The van der Waals surface area contributed by atoms with E-state index >= 15 is 0 Å². The minimum atomic E-state index is 0.121. The topological polar surface area (TPSA) is 52.0 Å². The Bertz CT molecular complexity index is 531. The fourth-order valence-electron chi connectivity index (χ4n) is 2.09. The molecule has 18 heavy (non-hydrogen) atoms. The van der Waals surface area contributed by atoms with Crippen LogP contribution < -0.4 is 5.32 Å². The number of aryl methyl sites for hydroxylation is 1. The lowest BCUT2D eigenvalue weighted by Gasteiger charge is -2.24. The van der Waals surface area contributed by atoms with Gasteiger partial charge in [0.05, 0.1) is 30.3 Å². The van der Waals surface area contributed by atoms with Gasteiger partial charge in [-0.05, 0) is 24.6 Å². The van der Waals surface area contributed by atoms with E-state index in [1.54, 1.807) is 11.0 Å². The second kappa shape index (κ2) is 4.88. The van der Waals surface area contributed by atoms with Gasteiger partial charge in [-0.3, -0.25) is 0 Å². The number of nitrogens with one attached hydrogen (secondary N) is 1. The Morgan fingerprint density at radius 1 is 1.44 bits per heavy atom. The molecule has 1 aliphatic heterocycles. The minimum absolute atomic E-state index is 0.121. The van der Waals surface area contributed by atoms with Crippen molar-refractivity contribution in [3.63, 3.8) is 0 Å². The van der Waals surface area contributed by atoms with Crippen LogP contribution in [0.2, 0.25) is 0 Å². The van der Waals surface area contributed by atoms with E-state index in [9.17, 15) is 0 Å². The Morgan fingerprint density at radius 3 is 3.11 bits per heavy atom. The molecule has 1 aromatic carbocycles. The van der Waals surface area contributed by atoms with Crippen molar-refractivity contribution < 1.29 is 4.74 Å². The van der Waals surface area contributed by atoms with Gasteiger partial charge in [-0.15, -0.1) is 0 Å². The van der Waals surface area contributed by atoms with Crippen LogP contribution in [-0.4, -0.2) is 34.7 Å². The van der Waals surface area contributed by atoms with E-state index in [4.69, 9.17) is 4.74 Å². The first-order valence-electron chi connectivity index (χ1n) is 6.14. The lowest BCUT2D eigenvalue weighted by atomic mass is 10.1.